The summed E-state index contributed by atoms with van der Waals surface area (Å²) in [5.41, 5.74) is 2.13. The number of anilines is 1. The predicted octanol–water partition coefficient (Wildman–Crippen LogP) is 2.71. The van der Waals surface area contributed by atoms with Crippen molar-refractivity contribution in [2.24, 2.45) is 0 Å². The average molecular weight is 200 g/mol. The number of hydrogen-bond donors (Lipinski definition) is 1. The monoisotopic (exact) mass is 199 g/mol. The molecule has 0 aliphatic carbocycles. The fourth-order valence-corrected chi connectivity index (χ4v) is 1.35. The van der Waals surface area contributed by atoms with E-state index in [2.05, 4.69) is 5.32 Å². The first-order valence-electron chi connectivity index (χ1n) is 4.23. The highest BCUT2D eigenvalue weighted by Gasteiger charge is 1.98. The third kappa shape index (κ3) is 3.25. The minimum atomic E-state index is 0.685. The SMILES string of the molecule is COCCNc1ccc(C)cc1Cl. The highest BCUT2D eigenvalue weighted by Crippen LogP contribution is 2.22. The molecule has 1 aromatic rings. The molecule has 0 saturated heterocycles. The summed E-state index contributed by atoms with van der Waals surface area (Å²) in [6.07, 6.45) is 0. The summed E-state index contributed by atoms with van der Waals surface area (Å²) in [7, 11) is 1.68. The molecule has 0 saturated carbocycles. The van der Waals surface area contributed by atoms with Crippen molar-refractivity contribution in [2.45, 2.75) is 6.92 Å². The quantitative estimate of drug-likeness (QED) is 0.753. The predicted molar refractivity (Wildman–Crippen MR) is 56.6 cm³/mol. The lowest BCUT2D eigenvalue weighted by molar-refractivity contribution is 0.211. The Hall–Kier alpha value is -0.730. The van der Waals surface area contributed by atoms with Crippen molar-refractivity contribution in [3.05, 3.63) is 28.8 Å². The number of ether oxygens (including phenoxy) is 1. The summed E-state index contributed by atoms with van der Waals surface area (Å²) in [6.45, 7) is 3.48. The van der Waals surface area contributed by atoms with E-state index in [1.54, 1.807) is 7.11 Å². The van der Waals surface area contributed by atoms with Gasteiger partial charge in [-0.2, -0.15) is 0 Å². The maximum atomic E-state index is 6.01. The van der Waals surface area contributed by atoms with Crippen molar-refractivity contribution in [1.82, 2.24) is 0 Å². The molecule has 72 valence electrons. The van der Waals surface area contributed by atoms with Gasteiger partial charge in [-0.25, -0.2) is 0 Å². The Morgan fingerprint density at radius 3 is 2.85 bits per heavy atom. The number of methoxy groups -OCH3 is 1. The molecule has 0 radical (unpaired) electrons. The molecule has 0 aromatic heterocycles. The average Bonchev–Trinajstić information content (AvgIpc) is 2.09. The Balaban J connectivity index is 2.56. The van der Waals surface area contributed by atoms with E-state index in [1.165, 1.54) is 5.56 Å². The van der Waals surface area contributed by atoms with Crippen LogP contribution in [0.15, 0.2) is 18.2 Å². The first-order valence-corrected chi connectivity index (χ1v) is 4.61. The van der Waals surface area contributed by atoms with Crippen LogP contribution in [-0.4, -0.2) is 20.3 Å². The van der Waals surface area contributed by atoms with Crippen molar-refractivity contribution in [3.8, 4) is 0 Å². The van der Waals surface area contributed by atoms with E-state index < -0.39 is 0 Å². The number of rotatable bonds is 4. The molecule has 0 atom stereocenters. The van der Waals surface area contributed by atoms with Crippen LogP contribution in [0.25, 0.3) is 0 Å². The molecule has 2 nitrogen and oxygen atoms in total. The fraction of sp³-hybridized carbons (Fsp3) is 0.400. The van der Waals surface area contributed by atoms with Gasteiger partial charge in [-0.1, -0.05) is 17.7 Å². The number of benzene rings is 1. The lowest BCUT2D eigenvalue weighted by Crippen LogP contribution is -2.07. The fourth-order valence-electron chi connectivity index (χ4n) is 1.05. The normalized spacial score (nSPS) is 10.1. The zero-order chi connectivity index (χ0) is 9.68. The second-order valence-electron chi connectivity index (χ2n) is 2.90. The molecule has 0 bridgehead atoms. The summed E-state index contributed by atoms with van der Waals surface area (Å²) in [5.74, 6) is 0. The highest BCUT2D eigenvalue weighted by atomic mass is 35.5. The minimum absolute atomic E-state index is 0.685. The zero-order valence-corrected chi connectivity index (χ0v) is 8.69. The van der Waals surface area contributed by atoms with Gasteiger partial charge >= 0.3 is 0 Å². The van der Waals surface area contributed by atoms with E-state index in [-0.39, 0.29) is 0 Å². The molecular weight excluding hydrogens is 186 g/mol. The minimum Gasteiger partial charge on any atom is -0.383 e. The maximum absolute atomic E-state index is 6.01. The smallest absolute Gasteiger partial charge is 0.0640 e. The molecule has 1 N–H and O–H groups in total. The van der Waals surface area contributed by atoms with Gasteiger partial charge in [-0.15, -0.1) is 0 Å². The number of hydrogen-bond acceptors (Lipinski definition) is 2. The number of halogens is 1. The molecule has 13 heavy (non-hydrogen) atoms. The summed E-state index contributed by atoms with van der Waals surface area (Å²) >= 11 is 6.01. The van der Waals surface area contributed by atoms with Crippen LogP contribution < -0.4 is 5.32 Å². The summed E-state index contributed by atoms with van der Waals surface area (Å²) < 4.78 is 4.92. The Bertz CT molecular complexity index is 276. The molecular formula is C10H14ClNO. The van der Waals surface area contributed by atoms with E-state index in [0.717, 1.165) is 17.3 Å². The second-order valence-corrected chi connectivity index (χ2v) is 3.31. The van der Waals surface area contributed by atoms with E-state index in [0.29, 0.717) is 6.61 Å². The first kappa shape index (κ1) is 10.4. The van der Waals surface area contributed by atoms with Gasteiger partial charge in [0.15, 0.2) is 0 Å². The molecule has 0 aliphatic rings. The van der Waals surface area contributed by atoms with Gasteiger partial charge in [0.05, 0.1) is 17.3 Å². The van der Waals surface area contributed by atoms with Crippen molar-refractivity contribution in [1.29, 1.82) is 0 Å². The van der Waals surface area contributed by atoms with Gasteiger partial charge in [-0.3, -0.25) is 0 Å². The van der Waals surface area contributed by atoms with Crippen LogP contribution in [0, 0.1) is 6.92 Å². The lowest BCUT2D eigenvalue weighted by Gasteiger charge is -2.07. The first-order chi connectivity index (χ1) is 6.24. The van der Waals surface area contributed by atoms with Crippen LogP contribution in [0.4, 0.5) is 5.69 Å². The van der Waals surface area contributed by atoms with Gasteiger partial charge in [-0.05, 0) is 24.6 Å². The van der Waals surface area contributed by atoms with Crippen LogP contribution in [0.3, 0.4) is 0 Å². The molecule has 1 rings (SSSR count). The van der Waals surface area contributed by atoms with Crippen LogP contribution in [0.5, 0.6) is 0 Å². The zero-order valence-electron chi connectivity index (χ0n) is 7.93. The second kappa shape index (κ2) is 5.10. The third-order valence-electron chi connectivity index (χ3n) is 1.75. The molecule has 0 aliphatic heterocycles. The van der Waals surface area contributed by atoms with Crippen molar-refractivity contribution in [3.63, 3.8) is 0 Å². The van der Waals surface area contributed by atoms with Crippen LogP contribution in [-0.2, 0) is 4.74 Å². The summed E-state index contributed by atoms with van der Waals surface area (Å²) in [5, 5.41) is 3.94. The van der Waals surface area contributed by atoms with E-state index in [1.807, 2.05) is 25.1 Å². The van der Waals surface area contributed by atoms with E-state index in [9.17, 15) is 0 Å². The van der Waals surface area contributed by atoms with Gasteiger partial charge in [0.2, 0.25) is 0 Å². The molecule has 0 unspecified atom stereocenters. The Morgan fingerprint density at radius 2 is 2.23 bits per heavy atom. The van der Waals surface area contributed by atoms with Crippen LogP contribution in [0.1, 0.15) is 5.56 Å². The standard InChI is InChI=1S/C10H14ClNO/c1-8-3-4-10(9(11)7-8)12-5-6-13-2/h3-4,7,12H,5-6H2,1-2H3. The Labute approximate surface area is 83.9 Å². The van der Waals surface area contributed by atoms with Crippen LogP contribution >= 0.6 is 11.6 Å². The van der Waals surface area contributed by atoms with E-state index in [4.69, 9.17) is 16.3 Å². The van der Waals surface area contributed by atoms with Gasteiger partial charge in [0, 0.05) is 13.7 Å². The highest BCUT2D eigenvalue weighted by molar-refractivity contribution is 6.33. The third-order valence-corrected chi connectivity index (χ3v) is 2.06. The van der Waals surface area contributed by atoms with E-state index >= 15 is 0 Å². The summed E-state index contributed by atoms with van der Waals surface area (Å²) in [6, 6.07) is 5.95. The Morgan fingerprint density at radius 1 is 1.46 bits per heavy atom. The van der Waals surface area contributed by atoms with Gasteiger partial charge in [0.1, 0.15) is 0 Å². The molecule has 0 spiro atoms. The molecule has 0 heterocycles. The molecule has 3 heteroatoms. The Kier molecular flexibility index (Phi) is 4.06. The molecule has 1 aromatic carbocycles. The van der Waals surface area contributed by atoms with Gasteiger partial charge < -0.3 is 10.1 Å². The number of nitrogens with one attached hydrogen (secondary N) is 1. The largest absolute Gasteiger partial charge is 0.383 e. The van der Waals surface area contributed by atoms with Gasteiger partial charge in [0.25, 0.3) is 0 Å². The molecule has 0 amide bonds. The molecule has 0 fully saturated rings. The lowest BCUT2D eigenvalue weighted by atomic mass is 10.2. The number of aryl methyl sites for hydroxylation is 1. The van der Waals surface area contributed by atoms with Crippen molar-refractivity contribution >= 4 is 17.3 Å². The van der Waals surface area contributed by atoms with Crippen molar-refractivity contribution < 1.29 is 4.74 Å². The topological polar surface area (TPSA) is 21.3 Å². The maximum Gasteiger partial charge on any atom is 0.0640 e. The van der Waals surface area contributed by atoms with Crippen molar-refractivity contribution in [2.75, 3.05) is 25.6 Å². The summed E-state index contributed by atoms with van der Waals surface area (Å²) in [4.78, 5) is 0. The van der Waals surface area contributed by atoms with Crippen LogP contribution in [0.2, 0.25) is 5.02 Å².